The predicted octanol–water partition coefficient (Wildman–Crippen LogP) is 3.69. The van der Waals surface area contributed by atoms with Crippen molar-refractivity contribution in [2.75, 3.05) is 5.32 Å². The van der Waals surface area contributed by atoms with Gasteiger partial charge in [0.05, 0.1) is 0 Å². The smallest absolute Gasteiger partial charge is 0.298 e. The number of nitrogens with one attached hydrogen (secondary N) is 1. The van der Waals surface area contributed by atoms with Gasteiger partial charge in [-0.05, 0) is 18.2 Å². The number of nitrogens with zero attached hydrogens (tertiary/aromatic N) is 1. The lowest BCUT2D eigenvalue weighted by Gasteiger charge is -2.03. The molecule has 9 heteroatoms. The van der Waals surface area contributed by atoms with Gasteiger partial charge in [-0.15, -0.1) is 11.3 Å². The first-order chi connectivity index (χ1) is 9.27. The third kappa shape index (κ3) is 3.10. The molecule has 0 aliphatic rings. The summed E-state index contributed by atoms with van der Waals surface area (Å²) in [5.41, 5.74) is -1.37. The van der Waals surface area contributed by atoms with Gasteiger partial charge in [0.15, 0.2) is 22.5 Å². The van der Waals surface area contributed by atoms with Crippen molar-refractivity contribution < 1.29 is 26.7 Å². The highest BCUT2D eigenvalue weighted by atomic mass is 32.1. The third-order valence-corrected chi connectivity index (χ3v) is 2.95. The fourth-order valence-corrected chi connectivity index (χ4v) is 1.98. The highest BCUT2D eigenvalue weighted by molar-refractivity contribution is 7.14. The summed E-state index contributed by atoms with van der Waals surface area (Å²) in [5, 5.41) is 2.53. The highest BCUT2D eigenvalue weighted by Crippen LogP contribution is 2.31. The fraction of sp³-hybridized carbons (Fsp3) is 0.0909. The van der Waals surface area contributed by atoms with Crippen LogP contribution in [-0.4, -0.2) is 10.9 Å². The van der Waals surface area contributed by atoms with Crippen LogP contribution in [0.4, 0.5) is 27.1 Å². The standard InChI is InChI=1S/C11H5F5N2OS/c12-6-2-1-5(3-7(6)13)9(19)18-10-17-8(4-20-10)11(14,15)16/h1-4H,(H,17,18,19). The number of alkyl halides is 3. The number of anilines is 1. The first-order valence-electron chi connectivity index (χ1n) is 5.06. The Morgan fingerprint density at radius 3 is 2.45 bits per heavy atom. The average Bonchev–Trinajstić information content (AvgIpc) is 2.81. The molecule has 0 radical (unpaired) electrons. The Kier molecular flexibility index (Phi) is 3.71. The molecule has 0 unspecified atom stereocenters. The van der Waals surface area contributed by atoms with Crippen LogP contribution >= 0.6 is 11.3 Å². The van der Waals surface area contributed by atoms with E-state index in [0.717, 1.165) is 17.5 Å². The Morgan fingerprint density at radius 1 is 1.20 bits per heavy atom. The van der Waals surface area contributed by atoms with Crippen LogP contribution in [0.3, 0.4) is 0 Å². The van der Waals surface area contributed by atoms with Crippen molar-refractivity contribution in [1.82, 2.24) is 4.98 Å². The van der Waals surface area contributed by atoms with Gasteiger partial charge < -0.3 is 0 Å². The van der Waals surface area contributed by atoms with Crippen LogP contribution in [0, 0.1) is 11.6 Å². The molecule has 0 aliphatic carbocycles. The lowest BCUT2D eigenvalue weighted by atomic mass is 10.2. The van der Waals surface area contributed by atoms with E-state index in [4.69, 9.17) is 0 Å². The Morgan fingerprint density at radius 2 is 1.90 bits per heavy atom. The average molecular weight is 308 g/mol. The number of aromatic nitrogens is 1. The number of hydrogen-bond donors (Lipinski definition) is 1. The Balaban J connectivity index is 2.15. The molecular formula is C11H5F5N2OS. The van der Waals surface area contributed by atoms with Crippen LogP contribution in [0.5, 0.6) is 0 Å². The molecule has 0 atom stereocenters. The summed E-state index contributed by atoms with van der Waals surface area (Å²) in [6, 6.07) is 2.39. The second kappa shape index (κ2) is 5.16. The van der Waals surface area contributed by atoms with E-state index in [2.05, 4.69) is 10.3 Å². The minimum Gasteiger partial charge on any atom is -0.298 e. The van der Waals surface area contributed by atoms with Gasteiger partial charge in [0.25, 0.3) is 5.91 Å². The molecule has 2 aromatic rings. The van der Waals surface area contributed by atoms with E-state index < -0.39 is 29.4 Å². The van der Waals surface area contributed by atoms with Crippen molar-refractivity contribution in [2.45, 2.75) is 6.18 Å². The molecule has 1 aromatic carbocycles. The maximum absolute atomic E-state index is 12.9. The maximum Gasteiger partial charge on any atom is 0.434 e. The van der Waals surface area contributed by atoms with E-state index >= 15 is 0 Å². The number of hydrogen-bond acceptors (Lipinski definition) is 3. The van der Waals surface area contributed by atoms with Crippen molar-refractivity contribution in [3.05, 3.63) is 46.5 Å². The van der Waals surface area contributed by atoms with Crippen LogP contribution in [0.25, 0.3) is 0 Å². The Hall–Kier alpha value is -2.03. The third-order valence-electron chi connectivity index (χ3n) is 2.20. The van der Waals surface area contributed by atoms with E-state index in [9.17, 15) is 26.7 Å². The van der Waals surface area contributed by atoms with Crippen molar-refractivity contribution >= 4 is 22.4 Å². The molecular weight excluding hydrogens is 303 g/mol. The van der Waals surface area contributed by atoms with Crippen LogP contribution in [0.15, 0.2) is 23.6 Å². The first-order valence-corrected chi connectivity index (χ1v) is 5.94. The summed E-state index contributed by atoms with van der Waals surface area (Å²) >= 11 is 0.576. The first kappa shape index (κ1) is 14.4. The van der Waals surface area contributed by atoms with Crippen LogP contribution in [-0.2, 0) is 6.18 Å². The molecule has 1 heterocycles. The number of halogens is 5. The van der Waals surface area contributed by atoms with E-state index in [1.165, 1.54) is 0 Å². The van der Waals surface area contributed by atoms with Gasteiger partial charge in [0.2, 0.25) is 0 Å². The summed E-state index contributed by atoms with van der Waals surface area (Å²) in [4.78, 5) is 14.8. The van der Waals surface area contributed by atoms with Gasteiger partial charge in [0, 0.05) is 10.9 Å². The van der Waals surface area contributed by atoms with Crippen LogP contribution < -0.4 is 5.32 Å². The number of carbonyl (C=O) groups is 1. The predicted molar refractivity (Wildman–Crippen MR) is 61.4 cm³/mol. The normalized spacial score (nSPS) is 11.4. The summed E-state index contributed by atoms with van der Waals surface area (Å²) in [6.07, 6.45) is -4.61. The van der Waals surface area contributed by atoms with Gasteiger partial charge in [0.1, 0.15) is 0 Å². The molecule has 1 aromatic heterocycles. The SMILES string of the molecule is O=C(Nc1nc(C(F)(F)F)cs1)c1ccc(F)c(F)c1. The number of amides is 1. The highest BCUT2D eigenvalue weighted by Gasteiger charge is 2.33. The number of carbonyl (C=O) groups excluding carboxylic acids is 1. The maximum atomic E-state index is 12.9. The van der Waals surface area contributed by atoms with E-state index in [1.54, 1.807) is 0 Å². The molecule has 0 aliphatic heterocycles. The molecule has 0 fully saturated rings. The van der Waals surface area contributed by atoms with Gasteiger partial charge in [-0.3, -0.25) is 10.1 Å². The van der Waals surface area contributed by atoms with Crippen molar-refractivity contribution in [3.63, 3.8) is 0 Å². The van der Waals surface area contributed by atoms with E-state index in [1.807, 2.05) is 0 Å². The molecule has 0 bridgehead atoms. The summed E-state index contributed by atoms with van der Waals surface area (Å²) in [5.74, 6) is -3.24. The van der Waals surface area contributed by atoms with Crippen LogP contribution in [0.1, 0.15) is 16.1 Å². The molecule has 1 amide bonds. The lowest BCUT2D eigenvalue weighted by Crippen LogP contribution is -2.13. The van der Waals surface area contributed by atoms with Crippen LogP contribution in [0.2, 0.25) is 0 Å². The quantitative estimate of drug-likeness (QED) is 0.860. The van der Waals surface area contributed by atoms with Gasteiger partial charge in [-0.25, -0.2) is 13.8 Å². The molecule has 20 heavy (non-hydrogen) atoms. The summed E-state index contributed by atoms with van der Waals surface area (Å²) in [7, 11) is 0. The lowest BCUT2D eigenvalue weighted by molar-refractivity contribution is -0.140. The molecule has 0 spiro atoms. The number of benzene rings is 1. The second-order valence-corrected chi connectivity index (χ2v) is 4.48. The zero-order chi connectivity index (χ0) is 14.9. The fourth-order valence-electron chi connectivity index (χ4n) is 1.27. The van der Waals surface area contributed by atoms with Crippen molar-refractivity contribution in [1.29, 1.82) is 0 Å². The molecule has 0 saturated heterocycles. The van der Waals surface area contributed by atoms with Gasteiger partial charge in [-0.1, -0.05) is 0 Å². The van der Waals surface area contributed by atoms with E-state index in [-0.39, 0.29) is 10.7 Å². The monoisotopic (exact) mass is 308 g/mol. The Bertz CT molecular complexity index is 653. The molecule has 1 N–H and O–H groups in total. The zero-order valence-corrected chi connectivity index (χ0v) is 10.3. The largest absolute Gasteiger partial charge is 0.434 e. The molecule has 2 rings (SSSR count). The number of rotatable bonds is 2. The summed E-state index contributed by atoms with van der Waals surface area (Å²) < 4.78 is 62.5. The zero-order valence-electron chi connectivity index (χ0n) is 9.46. The van der Waals surface area contributed by atoms with Gasteiger partial charge >= 0.3 is 6.18 Å². The van der Waals surface area contributed by atoms with Gasteiger partial charge in [-0.2, -0.15) is 13.2 Å². The van der Waals surface area contributed by atoms with Crippen molar-refractivity contribution in [2.24, 2.45) is 0 Å². The molecule has 3 nitrogen and oxygen atoms in total. The summed E-state index contributed by atoms with van der Waals surface area (Å²) in [6.45, 7) is 0. The van der Waals surface area contributed by atoms with E-state index in [0.29, 0.717) is 17.4 Å². The second-order valence-electron chi connectivity index (χ2n) is 3.62. The van der Waals surface area contributed by atoms with Crippen molar-refractivity contribution in [3.8, 4) is 0 Å². The Labute approximate surface area is 113 Å². The minimum atomic E-state index is -4.61. The molecule has 0 saturated carbocycles. The molecule has 106 valence electrons. The number of thiazole rings is 1. The minimum absolute atomic E-state index is 0.229. The topological polar surface area (TPSA) is 42.0 Å².